The number of hydrogen-bond acceptors (Lipinski definition) is 4. The number of anilines is 2. The summed E-state index contributed by atoms with van der Waals surface area (Å²) in [5, 5.41) is 3.09. The molecule has 0 aliphatic rings. The van der Waals surface area contributed by atoms with Crippen LogP contribution in [0.3, 0.4) is 0 Å². The highest BCUT2D eigenvalue weighted by molar-refractivity contribution is 7.71. The highest BCUT2D eigenvalue weighted by Gasteiger charge is 2.21. The van der Waals surface area contributed by atoms with Crippen LogP contribution in [0.1, 0.15) is 34.1 Å². The smallest absolute Gasteiger partial charge is 0.223 e. The zero-order valence-corrected chi connectivity index (χ0v) is 12.2. The highest BCUT2D eigenvalue weighted by atomic mass is 32.1. The molecule has 0 aliphatic heterocycles. The molecule has 96 valence electrons. The van der Waals surface area contributed by atoms with E-state index in [1.54, 1.807) is 0 Å². The fraction of sp³-hybridized carbons (Fsp3) is 0.692. The lowest BCUT2D eigenvalue weighted by Crippen LogP contribution is -2.30. The summed E-state index contributed by atoms with van der Waals surface area (Å²) in [6, 6.07) is 0. The van der Waals surface area contributed by atoms with Crippen molar-refractivity contribution in [3.63, 3.8) is 0 Å². The van der Waals surface area contributed by atoms with Crippen LogP contribution in [-0.4, -0.2) is 20.1 Å². The van der Waals surface area contributed by atoms with E-state index in [9.17, 15) is 4.79 Å². The summed E-state index contributed by atoms with van der Waals surface area (Å²) in [6.45, 7) is 10.3. The second-order valence-corrected chi connectivity index (χ2v) is 6.05. The Morgan fingerprint density at radius 1 is 1.35 bits per heavy atom. The summed E-state index contributed by atoms with van der Waals surface area (Å²) >= 11 is 5.11. The molecule has 0 atom stereocenters. The van der Waals surface area contributed by atoms with Gasteiger partial charge in [-0.25, -0.2) is 0 Å². The van der Waals surface area contributed by atoms with E-state index < -0.39 is 0 Å². The van der Waals surface area contributed by atoms with Crippen LogP contribution in [-0.2, 0) is 0 Å². The van der Waals surface area contributed by atoms with Gasteiger partial charge < -0.3 is 10.2 Å². The highest BCUT2D eigenvalue weighted by Crippen LogP contribution is 2.28. The van der Waals surface area contributed by atoms with Crippen molar-refractivity contribution in [1.29, 1.82) is 0 Å². The van der Waals surface area contributed by atoms with Crippen molar-refractivity contribution < 1.29 is 0 Å². The number of hydrogen-bond donors (Lipinski definition) is 1. The Labute approximate surface area is 109 Å². The van der Waals surface area contributed by atoms with Crippen molar-refractivity contribution in [1.82, 2.24) is 0 Å². The van der Waals surface area contributed by atoms with Gasteiger partial charge in [0.25, 0.3) is 0 Å². The summed E-state index contributed by atoms with van der Waals surface area (Å²) in [5.74, 6) is 0. The van der Waals surface area contributed by atoms with E-state index >= 15 is 0 Å². The predicted octanol–water partition coefficient (Wildman–Crippen LogP) is 2.96. The van der Waals surface area contributed by atoms with Crippen LogP contribution in [0.15, 0.2) is 4.79 Å². The van der Waals surface area contributed by atoms with Crippen LogP contribution < -0.4 is 15.6 Å². The average Bonchev–Trinajstić information content (AvgIpc) is 2.24. The molecule has 0 heterocycles. The molecule has 1 N–H and O–H groups in total. The third-order valence-electron chi connectivity index (χ3n) is 2.82. The molecule has 0 aliphatic carbocycles. The molecule has 1 aromatic carbocycles. The predicted molar refractivity (Wildman–Crippen MR) is 77.4 cm³/mol. The molecule has 17 heavy (non-hydrogen) atoms. The maximum Gasteiger partial charge on any atom is 0.223 e. The Morgan fingerprint density at radius 3 is 2.41 bits per heavy atom. The lowest BCUT2D eigenvalue weighted by Gasteiger charge is -2.28. The number of rotatable bonds is 5. The lowest BCUT2D eigenvalue weighted by molar-refractivity contribution is 0.381. The first-order valence-corrected chi connectivity index (χ1v) is 6.47. The first kappa shape index (κ1) is 14.2. The van der Waals surface area contributed by atoms with Crippen molar-refractivity contribution in [2.75, 3.05) is 30.4 Å². The topological polar surface area (TPSA) is 32.3 Å². The fourth-order valence-corrected chi connectivity index (χ4v) is 2.06. The Kier molecular flexibility index (Phi) is 4.31. The zero-order valence-electron chi connectivity index (χ0n) is 11.4. The van der Waals surface area contributed by atoms with E-state index in [1.165, 1.54) is 0 Å². The molecule has 0 bridgehead atoms. The second-order valence-electron chi connectivity index (χ2n) is 5.64. The van der Waals surface area contributed by atoms with Gasteiger partial charge in [0.05, 0.1) is 5.69 Å². The molecule has 0 aromatic heterocycles. The maximum atomic E-state index is 11.6. The Balaban J connectivity index is 2.76. The van der Waals surface area contributed by atoms with Gasteiger partial charge in [-0.2, -0.15) is 0 Å². The SMILES string of the molecule is CCNc1c(N(C)CCC(C)(C)C)c(=S)c1=O. The maximum absolute atomic E-state index is 11.6. The van der Waals surface area contributed by atoms with Gasteiger partial charge in [0, 0.05) is 20.1 Å². The fourth-order valence-electron chi connectivity index (χ4n) is 1.70. The van der Waals surface area contributed by atoms with Crippen LogP contribution in [0, 0.1) is 9.93 Å². The van der Waals surface area contributed by atoms with Gasteiger partial charge >= 0.3 is 0 Å². The molecule has 0 unspecified atom stereocenters. The Bertz CT molecular complexity index is 452. The van der Waals surface area contributed by atoms with Crippen LogP contribution >= 0.6 is 12.2 Å². The van der Waals surface area contributed by atoms with Crippen LogP contribution in [0.25, 0.3) is 0 Å². The van der Waals surface area contributed by atoms with E-state index in [4.69, 9.17) is 12.2 Å². The third kappa shape index (κ3) is 3.28. The van der Waals surface area contributed by atoms with Gasteiger partial charge in [0.1, 0.15) is 10.2 Å². The lowest BCUT2D eigenvalue weighted by atomic mass is 9.92. The number of nitrogens with zero attached hydrogens (tertiary/aromatic N) is 1. The van der Waals surface area contributed by atoms with Crippen molar-refractivity contribution in [3.8, 4) is 0 Å². The first-order valence-electron chi connectivity index (χ1n) is 6.06. The van der Waals surface area contributed by atoms with Gasteiger partial charge in [0.2, 0.25) is 5.43 Å². The summed E-state index contributed by atoms with van der Waals surface area (Å²) in [4.78, 5) is 13.7. The van der Waals surface area contributed by atoms with Crippen molar-refractivity contribution in [2.45, 2.75) is 34.1 Å². The monoisotopic (exact) mass is 254 g/mol. The molecule has 0 amide bonds. The van der Waals surface area contributed by atoms with E-state index in [2.05, 4.69) is 31.0 Å². The Morgan fingerprint density at radius 2 is 1.94 bits per heavy atom. The molecular weight excluding hydrogens is 232 g/mol. The normalized spacial score (nSPS) is 11.8. The molecule has 0 fully saturated rings. The first-order chi connectivity index (χ1) is 7.78. The van der Waals surface area contributed by atoms with Crippen LogP contribution in [0.5, 0.6) is 0 Å². The average molecular weight is 254 g/mol. The van der Waals surface area contributed by atoms with Crippen molar-refractivity contribution >= 4 is 23.6 Å². The van der Waals surface area contributed by atoms with E-state index in [-0.39, 0.29) is 5.43 Å². The van der Waals surface area contributed by atoms with Crippen molar-refractivity contribution in [2.24, 2.45) is 5.41 Å². The quantitative estimate of drug-likeness (QED) is 0.819. The van der Waals surface area contributed by atoms with Crippen molar-refractivity contribution in [3.05, 3.63) is 14.7 Å². The van der Waals surface area contributed by atoms with E-state index in [1.807, 2.05) is 14.0 Å². The van der Waals surface area contributed by atoms with E-state index in [0.717, 1.165) is 25.2 Å². The van der Waals surface area contributed by atoms with Gasteiger partial charge in [-0.15, -0.1) is 0 Å². The molecule has 0 saturated heterocycles. The summed E-state index contributed by atoms with van der Waals surface area (Å²) in [6.07, 6.45) is 1.07. The molecular formula is C13H22N2OS. The minimum atomic E-state index is -0.0144. The molecule has 1 rings (SSSR count). The van der Waals surface area contributed by atoms with Gasteiger partial charge in [-0.3, -0.25) is 4.79 Å². The minimum Gasteiger partial charge on any atom is -0.380 e. The third-order valence-corrected chi connectivity index (χ3v) is 3.20. The Hall–Kier alpha value is -0.900. The van der Waals surface area contributed by atoms with Gasteiger partial charge in [0.15, 0.2) is 0 Å². The standard InChI is InChI=1S/C13H22N2OS/c1-6-14-9-10(12(17)11(9)16)15(5)8-7-13(2,3)4/h14H,6-8H2,1-5H3. The summed E-state index contributed by atoms with van der Waals surface area (Å²) < 4.78 is 0.470. The van der Waals surface area contributed by atoms with Crippen LogP contribution in [0.2, 0.25) is 0 Å². The number of nitrogens with one attached hydrogen (secondary N) is 1. The van der Waals surface area contributed by atoms with Gasteiger partial charge in [-0.05, 0) is 18.8 Å². The minimum absolute atomic E-state index is 0.0144. The molecule has 0 spiro atoms. The summed E-state index contributed by atoms with van der Waals surface area (Å²) in [5.41, 5.74) is 1.88. The van der Waals surface area contributed by atoms with Gasteiger partial charge in [-0.1, -0.05) is 33.0 Å². The summed E-state index contributed by atoms with van der Waals surface area (Å²) in [7, 11) is 2.00. The molecule has 0 saturated carbocycles. The zero-order chi connectivity index (χ0) is 13.2. The van der Waals surface area contributed by atoms with E-state index in [0.29, 0.717) is 15.6 Å². The molecule has 1 aromatic rings. The molecule has 0 radical (unpaired) electrons. The molecule has 3 nitrogen and oxygen atoms in total. The van der Waals surface area contributed by atoms with Crippen LogP contribution in [0.4, 0.5) is 11.4 Å². The largest absolute Gasteiger partial charge is 0.380 e. The molecule has 4 heteroatoms. The second kappa shape index (κ2) is 5.17.